The number of azide groups is 1. The highest BCUT2D eigenvalue weighted by Gasteiger charge is 1.74. The van der Waals surface area contributed by atoms with Crippen LogP contribution < -0.4 is 0 Å². The molecule has 0 aliphatic rings. The van der Waals surface area contributed by atoms with Crippen LogP contribution in [0.1, 0.15) is 19.8 Å². The summed E-state index contributed by atoms with van der Waals surface area (Å²) in [4.78, 5) is 11.2. The summed E-state index contributed by atoms with van der Waals surface area (Å²) in [6.45, 7) is 2.71. The maximum atomic E-state index is 8.56. The zero-order chi connectivity index (χ0) is 9.11. The molecule has 0 aromatic carbocycles. The lowest BCUT2D eigenvalue weighted by atomic mass is 10.3. The summed E-state index contributed by atoms with van der Waals surface area (Å²) in [6.07, 6.45) is 0.267. The molecule has 11 heavy (non-hydrogen) atoms. The van der Waals surface area contributed by atoms with E-state index in [1.54, 1.807) is 0 Å². The van der Waals surface area contributed by atoms with Crippen molar-refractivity contribution in [2.75, 3.05) is 6.54 Å². The van der Waals surface area contributed by atoms with Gasteiger partial charge in [0, 0.05) is 11.5 Å². The molecule has 0 unspecified atom stereocenters. The Labute approximate surface area is 64.1 Å². The van der Waals surface area contributed by atoms with Crippen LogP contribution in [0.15, 0.2) is 5.11 Å². The van der Waals surface area contributed by atoms with E-state index in [0.717, 1.165) is 12.8 Å². The molecule has 0 aliphatic carbocycles. The Morgan fingerprint density at radius 2 is 2.09 bits per heavy atom. The molecular weight excluding hydrogens is 150 g/mol. The van der Waals surface area contributed by atoms with E-state index in [2.05, 4.69) is 16.9 Å². The van der Waals surface area contributed by atoms with E-state index in [0.29, 0.717) is 6.54 Å². The average molecular weight is 161 g/mol. The molecule has 0 aromatic rings. The molecule has 0 aliphatic heterocycles. The highest BCUT2D eigenvalue weighted by molar-refractivity contribution is 5.53. The molecule has 0 heterocycles. The SMILES string of the molecule is CCCCN=[N+]=[N-].O=C(O)O. The molecule has 0 rings (SSSR count). The van der Waals surface area contributed by atoms with Crippen LogP contribution in [-0.2, 0) is 0 Å². The van der Waals surface area contributed by atoms with Gasteiger partial charge in [-0.1, -0.05) is 18.5 Å². The van der Waals surface area contributed by atoms with Gasteiger partial charge in [0.2, 0.25) is 0 Å². The summed E-state index contributed by atoms with van der Waals surface area (Å²) in [6, 6.07) is 0. The first-order valence-electron chi connectivity index (χ1n) is 3.07. The van der Waals surface area contributed by atoms with Crippen LogP contribution in [-0.4, -0.2) is 22.9 Å². The zero-order valence-corrected chi connectivity index (χ0v) is 6.27. The highest BCUT2D eigenvalue weighted by Crippen LogP contribution is 1.85. The lowest BCUT2D eigenvalue weighted by molar-refractivity contribution is 0.137. The molecule has 0 saturated heterocycles. The fourth-order valence-electron chi connectivity index (χ4n) is 0.274. The first-order valence-corrected chi connectivity index (χ1v) is 3.07. The Bertz CT molecular complexity index is 138. The van der Waals surface area contributed by atoms with Crippen LogP contribution in [0, 0.1) is 0 Å². The van der Waals surface area contributed by atoms with Crippen molar-refractivity contribution in [2.45, 2.75) is 19.8 Å². The topological polar surface area (TPSA) is 106 Å². The predicted molar refractivity (Wildman–Crippen MR) is 39.6 cm³/mol. The monoisotopic (exact) mass is 161 g/mol. The van der Waals surface area contributed by atoms with Crippen molar-refractivity contribution in [2.24, 2.45) is 5.11 Å². The van der Waals surface area contributed by atoms with Crippen LogP contribution in [0.4, 0.5) is 4.79 Å². The van der Waals surface area contributed by atoms with E-state index in [-0.39, 0.29) is 0 Å². The van der Waals surface area contributed by atoms with Crippen LogP contribution >= 0.6 is 0 Å². The van der Waals surface area contributed by atoms with E-state index in [1.807, 2.05) is 0 Å². The number of hydrogen-bond acceptors (Lipinski definition) is 2. The van der Waals surface area contributed by atoms with Crippen LogP contribution in [0.5, 0.6) is 0 Å². The molecule has 0 atom stereocenters. The molecule has 0 bridgehead atoms. The van der Waals surface area contributed by atoms with Crippen molar-refractivity contribution >= 4 is 6.16 Å². The third-order valence-electron chi connectivity index (χ3n) is 0.675. The summed E-state index contributed by atoms with van der Waals surface area (Å²) in [5, 5.41) is 17.3. The van der Waals surface area contributed by atoms with Gasteiger partial charge in [0.1, 0.15) is 0 Å². The molecule has 0 saturated carbocycles. The highest BCUT2D eigenvalue weighted by atomic mass is 16.6. The summed E-state index contributed by atoms with van der Waals surface area (Å²) >= 11 is 0. The van der Waals surface area contributed by atoms with Crippen LogP contribution in [0.3, 0.4) is 0 Å². The summed E-state index contributed by atoms with van der Waals surface area (Å²) in [7, 11) is 0. The summed E-state index contributed by atoms with van der Waals surface area (Å²) in [5.74, 6) is 0. The number of rotatable bonds is 3. The van der Waals surface area contributed by atoms with Gasteiger partial charge in [-0.25, -0.2) is 4.79 Å². The number of carbonyl (C=O) groups is 1. The molecular formula is C5H11N3O3. The maximum Gasteiger partial charge on any atom is 0.503 e. The van der Waals surface area contributed by atoms with E-state index < -0.39 is 6.16 Å². The fourth-order valence-corrected chi connectivity index (χ4v) is 0.274. The van der Waals surface area contributed by atoms with Gasteiger partial charge in [-0.2, -0.15) is 0 Å². The van der Waals surface area contributed by atoms with Crippen molar-refractivity contribution in [3.05, 3.63) is 10.4 Å². The van der Waals surface area contributed by atoms with Gasteiger partial charge < -0.3 is 10.2 Å². The average Bonchev–Trinajstić information content (AvgIpc) is 1.88. The molecule has 64 valence electrons. The second-order valence-corrected chi connectivity index (χ2v) is 1.59. The summed E-state index contributed by atoms with van der Waals surface area (Å²) in [5.41, 5.74) is 7.75. The molecule has 0 fully saturated rings. The van der Waals surface area contributed by atoms with Crippen molar-refractivity contribution in [1.82, 2.24) is 0 Å². The smallest absolute Gasteiger partial charge is 0.450 e. The molecule has 6 nitrogen and oxygen atoms in total. The maximum absolute atomic E-state index is 8.56. The van der Waals surface area contributed by atoms with Gasteiger partial charge in [0.15, 0.2) is 0 Å². The minimum atomic E-state index is -1.83. The first-order chi connectivity index (χ1) is 5.15. The van der Waals surface area contributed by atoms with Gasteiger partial charge >= 0.3 is 6.16 Å². The van der Waals surface area contributed by atoms with E-state index in [4.69, 9.17) is 20.5 Å². The molecule has 0 amide bonds. The van der Waals surface area contributed by atoms with Crippen molar-refractivity contribution in [3.63, 3.8) is 0 Å². The molecule has 0 radical (unpaired) electrons. The Morgan fingerprint density at radius 3 is 2.36 bits per heavy atom. The van der Waals surface area contributed by atoms with Crippen molar-refractivity contribution in [3.8, 4) is 0 Å². The fraction of sp³-hybridized carbons (Fsp3) is 0.800. The largest absolute Gasteiger partial charge is 0.503 e. The van der Waals surface area contributed by atoms with Crippen molar-refractivity contribution < 1.29 is 15.0 Å². The standard InChI is InChI=1S/C4H9N3.CH2O3/c1-2-3-4-6-7-5;2-1(3)4/h2-4H2,1H3;(H2,2,3,4). The van der Waals surface area contributed by atoms with Gasteiger partial charge in [-0.15, -0.1) is 0 Å². The predicted octanol–water partition coefficient (Wildman–Crippen LogP) is 2.32. The minimum absolute atomic E-state index is 0.646. The third kappa shape index (κ3) is 55.8. The number of unbranched alkanes of at least 4 members (excludes halogenated alkanes) is 1. The Morgan fingerprint density at radius 1 is 1.64 bits per heavy atom. The number of carboxylic acid groups (broad SMARTS) is 2. The van der Waals surface area contributed by atoms with Crippen LogP contribution in [0.2, 0.25) is 0 Å². The third-order valence-corrected chi connectivity index (χ3v) is 0.675. The molecule has 2 N–H and O–H groups in total. The minimum Gasteiger partial charge on any atom is -0.450 e. The number of hydrogen-bond donors (Lipinski definition) is 2. The number of nitrogens with zero attached hydrogens (tertiary/aromatic N) is 3. The van der Waals surface area contributed by atoms with Gasteiger partial charge in [-0.05, 0) is 12.0 Å². The normalized spacial score (nSPS) is 7.00. The quantitative estimate of drug-likeness (QED) is 0.287. The second kappa shape index (κ2) is 11.4. The van der Waals surface area contributed by atoms with Gasteiger partial charge in [-0.3, -0.25) is 0 Å². The summed E-state index contributed by atoms with van der Waals surface area (Å²) < 4.78 is 0. The zero-order valence-electron chi connectivity index (χ0n) is 6.27. The second-order valence-electron chi connectivity index (χ2n) is 1.59. The van der Waals surface area contributed by atoms with E-state index in [9.17, 15) is 0 Å². The lowest BCUT2D eigenvalue weighted by Crippen LogP contribution is -1.81. The first kappa shape index (κ1) is 12.3. The molecule has 0 aromatic heterocycles. The Kier molecular flexibility index (Phi) is 12.7. The molecule has 6 heteroatoms. The van der Waals surface area contributed by atoms with E-state index >= 15 is 0 Å². The van der Waals surface area contributed by atoms with E-state index in [1.165, 1.54) is 0 Å². The van der Waals surface area contributed by atoms with Crippen molar-refractivity contribution in [1.29, 1.82) is 0 Å². The molecule has 0 spiro atoms. The lowest BCUT2D eigenvalue weighted by Gasteiger charge is -1.80. The Balaban J connectivity index is 0. The van der Waals surface area contributed by atoms with Gasteiger partial charge in [0.25, 0.3) is 0 Å². The van der Waals surface area contributed by atoms with Crippen LogP contribution in [0.25, 0.3) is 10.4 Å². The van der Waals surface area contributed by atoms with Gasteiger partial charge in [0.05, 0.1) is 0 Å². The Hall–Kier alpha value is -1.42.